The second-order valence-electron chi connectivity index (χ2n) is 3.94. The van der Waals surface area contributed by atoms with E-state index in [1.807, 2.05) is 0 Å². The molecule has 1 N–H and O–H groups in total. The summed E-state index contributed by atoms with van der Waals surface area (Å²) in [6, 6.07) is 9.54. The minimum Gasteiger partial charge on any atom is -0.489 e. The van der Waals surface area contributed by atoms with Crippen LogP contribution in [0.25, 0.3) is 0 Å². The van der Waals surface area contributed by atoms with Crippen LogP contribution < -0.4 is 4.74 Å². The molecule has 0 aliphatic heterocycles. The van der Waals surface area contributed by atoms with Crippen LogP contribution in [0, 0.1) is 5.82 Å². The molecule has 2 rings (SSSR count). The highest BCUT2D eigenvalue weighted by atomic mass is 79.9. The van der Waals surface area contributed by atoms with Gasteiger partial charge in [0.1, 0.15) is 18.2 Å². The molecule has 19 heavy (non-hydrogen) atoms. The lowest BCUT2D eigenvalue weighted by Gasteiger charge is -2.09. The van der Waals surface area contributed by atoms with Gasteiger partial charge >= 0.3 is 0 Å². The molecule has 0 saturated heterocycles. The zero-order valence-electron chi connectivity index (χ0n) is 9.87. The molecule has 2 nitrogen and oxygen atoms in total. The molecule has 0 bridgehead atoms. The molecule has 0 radical (unpaired) electrons. The number of hydrogen-bond donors (Lipinski definition) is 1. The molecule has 0 heterocycles. The van der Waals surface area contributed by atoms with Crippen LogP contribution in [0.5, 0.6) is 5.75 Å². The van der Waals surface area contributed by atoms with Crippen molar-refractivity contribution in [1.82, 2.24) is 0 Å². The minimum atomic E-state index is -0.358. The maximum Gasteiger partial charge on any atom is 0.129 e. The highest BCUT2D eigenvalue weighted by molar-refractivity contribution is 9.10. The summed E-state index contributed by atoms with van der Waals surface area (Å²) in [7, 11) is 0. The van der Waals surface area contributed by atoms with Crippen molar-refractivity contribution >= 4 is 27.5 Å². The lowest BCUT2D eigenvalue weighted by Crippen LogP contribution is -1.99. The van der Waals surface area contributed by atoms with Gasteiger partial charge in [-0.1, -0.05) is 27.5 Å². The molecule has 0 unspecified atom stereocenters. The Labute approximate surface area is 123 Å². The quantitative estimate of drug-likeness (QED) is 0.894. The molecule has 0 saturated carbocycles. The number of ether oxygens (including phenoxy) is 1. The van der Waals surface area contributed by atoms with Crippen LogP contribution in [0.3, 0.4) is 0 Å². The Morgan fingerprint density at radius 2 is 1.95 bits per heavy atom. The standard InChI is InChI=1S/C14H11BrClFO2/c15-13-3-2-12(6-9(13)7-18)19-8-10-5-11(16)1-4-14(10)17/h1-6,18H,7-8H2. The number of aliphatic hydroxyl groups is 1. The van der Waals surface area contributed by atoms with Gasteiger partial charge in [0, 0.05) is 15.1 Å². The zero-order chi connectivity index (χ0) is 13.8. The first-order valence-electron chi connectivity index (χ1n) is 5.56. The van der Waals surface area contributed by atoms with Gasteiger partial charge in [-0.15, -0.1) is 0 Å². The number of hydrogen-bond acceptors (Lipinski definition) is 2. The third kappa shape index (κ3) is 3.69. The molecule has 2 aromatic carbocycles. The molecular weight excluding hydrogens is 335 g/mol. The van der Waals surface area contributed by atoms with Gasteiger partial charge in [-0.3, -0.25) is 0 Å². The van der Waals surface area contributed by atoms with Crippen molar-refractivity contribution in [3.8, 4) is 5.75 Å². The maximum atomic E-state index is 13.5. The fraction of sp³-hybridized carbons (Fsp3) is 0.143. The Bertz CT molecular complexity index is 590. The molecule has 5 heteroatoms. The summed E-state index contributed by atoms with van der Waals surface area (Å²) in [5, 5.41) is 9.61. The van der Waals surface area contributed by atoms with E-state index in [-0.39, 0.29) is 19.0 Å². The molecule has 0 aromatic heterocycles. The smallest absolute Gasteiger partial charge is 0.129 e. The second kappa shape index (κ2) is 6.37. The van der Waals surface area contributed by atoms with Crippen LogP contribution in [-0.4, -0.2) is 5.11 Å². The summed E-state index contributed by atoms with van der Waals surface area (Å²) < 4.78 is 19.8. The topological polar surface area (TPSA) is 29.5 Å². The first-order valence-corrected chi connectivity index (χ1v) is 6.73. The Kier molecular flexibility index (Phi) is 4.80. The number of aliphatic hydroxyl groups excluding tert-OH is 1. The Morgan fingerprint density at radius 3 is 2.68 bits per heavy atom. The first kappa shape index (κ1) is 14.3. The third-order valence-electron chi connectivity index (χ3n) is 2.59. The molecule has 0 spiro atoms. The van der Waals surface area contributed by atoms with Crippen molar-refractivity contribution in [2.24, 2.45) is 0 Å². The van der Waals surface area contributed by atoms with Crippen molar-refractivity contribution in [1.29, 1.82) is 0 Å². The fourth-order valence-electron chi connectivity index (χ4n) is 1.58. The van der Waals surface area contributed by atoms with E-state index in [0.717, 1.165) is 4.47 Å². The molecule has 0 fully saturated rings. The van der Waals surface area contributed by atoms with Crippen LogP contribution in [-0.2, 0) is 13.2 Å². The van der Waals surface area contributed by atoms with Crippen molar-refractivity contribution in [2.75, 3.05) is 0 Å². The van der Waals surface area contributed by atoms with Crippen molar-refractivity contribution in [2.45, 2.75) is 13.2 Å². The Balaban J connectivity index is 2.12. The largest absolute Gasteiger partial charge is 0.489 e. The van der Waals surface area contributed by atoms with Crippen LogP contribution in [0.2, 0.25) is 5.02 Å². The van der Waals surface area contributed by atoms with Gasteiger partial charge in [-0.25, -0.2) is 4.39 Å². The summed E-state index contributed by atoms with van der Waals surface area (Å²) in [6.07, 6.45) is 0. The van der Waals surface area contributed by atoms with Gasteiger partial charge < -0.3 is 9.84 Å². The summed E-state index contributed by atoms with van der Waals surface area (Å²) in [4.78, 5) is 0. The zero-order valence-corrected chi connectivity index (χ0v) is 12.2. The normalized spacial score (nSPS) is 10.5. The Morgan fingerprint density at radius 1 is 1.16 bits per heavy atom. The number of benzene rings is 2. The van der Waals surface area contributed by atoms with Crippen LogP contribution in [0.4, 0.5) is 4.39 Å². The van der Waals surface area contributed by atoms with Gasteiger partial charge in [0.15, 0.2) is 0 Å². The monoisotopic (exact) mass is 344 g/mol. The molecule has 0 atom stereocenters. The average Bonchev–Trinajstić information content (AvgIpc) is 2.41. The van der Waals surface area contributed by atoms with E-state index in [2.05, 4.69) is 15.9 Å². The predicted molar refractivity (Wildman–Crippen MR) is 75.8 cm³/mol. The van der Waals surface area contributed by atoms with E-state index in [4.69, 9.17) is 21.4 Å². The van der Waals surface area contributed by atoms with Crippen LogP contribution >= 0.6 is 27.5 Å². The average molecular weight is 346 g/mol. The fourth-order valence-corrected chi connectivity index (χ4v) is 2.14. The molecule has 0 amide bonds. The SMILES string of the molecule is OCc1cc(OCc2cc(Cl)ccc2F)ccc1Br. The third-order valence-corrected chi connectivity index (χ3v) is 3.60. The van der Waals surface area contributed by atoms with E-state index in [1.165, 1.54) is 18.2 Å². The summed E-state index contributed by atoms with van der Waals surface area (Å²) in [5.74, 6) is 0.204. The first-order chi connectivity index (χ1) is 9.10. The maximum absolute atomic E-state index is 13.5. The minimum absolute atomic E-state index is 0.0822. The van der Waals surface area contributed by atoms with Gasteiger partial charge in [-0.2, -0.15) is 0 Å². The van der Waals surface area contributed by atoms with E-state index < -0.39 is 0 Å². The van der Waals surface area contributed by atoms with Crippen molar-refractivity contribution in [3.63, 3.8) is 0 Å². The lowest BCUT2D eigenvalue weighted by molar-refractivity contribution is 0.276. The highest BCUT2D eigenvalue weighted by Gasteiger charge is 2.06. The van der Waals surface area contributed by atoms with Crippen LogP contribution in [0.15, 0.2) is 40.9 Å². The van der Waals surface area contributed by atoms with E-state index in [0.29, 0.717) is 21.9 Å². The molecule has 0 aliphatic rings. The summed E-state index contributed by atoms with van der Waals surface area (Å²) >= 11 is 9.12. The van der Waals surface area contributed by atoms with Gasteiger partial charge in [0.2, 0.25) is 0 Å². The van der Waals surface area contributed by atoms with Gasteiger partial charge in [0.25, 0.3) is 0 Å². The van der Waals surface area contributed by atoms with E-state index >= 15 is 0 Å². The summed E-state index contributed by atoms with van der Waals surface area (Å²) in [6.45, 7) is -0.0117. The molecular formula is C14H11BrClFO2. The number of rotatable bonds is 4. The van der Waals surface area contributed by atoms with Gasteiger partial charge in [-0.05, 0) is 42.0 Å². The predicted octanol–water partition coefficient (Wildman–Crippen LogP) is 4.31. The van der Waals surface area contributed by atoms with Gasteiger partial charge in [0.05, 0.1) is 6.61 Å². The number of halogens is 3. The molecule has 100 valence electrons. The summed E-state index contributed by atoms with van der Waals surface area (Å²) in [5.41, 5.74) is 1.10. The highest BCUT2D eigenvalue weighted by Crippen LogP contribution is 2.24. The van der Waals surface area contributed by atoms with Crippen molar-refractivity contribution in [3.05, 3.63) is 62.8 Å². The van der Waals surface area contributed by atoms with E-state index in [1.54, 1.807) is 18.2 Å². The molecule has 2 aromatic rings. The Hall–Kier alpha value is -1.10. The molecule has 0 aliphatic carbocycles. The van der Waals surface area contributed by atoms with E-state index in [9.17, 15) is 4.39 Å². The second-order valence-corrected chi connectivity index (χ2v) is 5.23. The van der Waals surface area contributed by atoms with Crippen LogP contribution in [0.1, 0.15) is 11.1 Å². The van der Waals surface area contributed by atoms with Crippen molar-refractivity contribution < 1.29 is 14.2 Å². The lowest BCUT2D eigenvalue weighted by atomic mass is 10.2.